The molecule has 0 atom stereocenters. The molecular weight excluding hydrogens is 442 g/mol. The van der Waals surface area contributed by atoms with Crippen molar-refractivity contribution >= 4 is 27.5 Å². The number of anilines is 1. The number of nitrogens with zero attached hydrogens (tertiary/aromatic N) is 2. The predicted molar refractivity (Wildman–Crippen MR) is 125 cm³/mol. The van der Waals surface area contributed by atoms with Gasteiger partial charge in [-0.05, 0) is 60.7 Å². The van der Waals surface area contributed by atoms with Crippen molar-refractivity contribution in [1.29, 1.82) is 0 Å². The van der Waals surface area contributed by atoms with E-state index in [2.05, 4.69) is 5.32 Å². The van der Waals surface area contributed by atoms with Crippen LogP contribution in [0.4, 0.5) is 5.69 Å². The van der Waals surface area contributed by atoms with Crippen LogP contribution in [0.15, 0.2) is 47.4 Å². The van der Waals surface area contributed by atoms with Gasteiger partial charge in [-0.1, -0.05) is 18.6 Å². The van der Waals surface area contributed by atoms with E-state index in [1.54, 1.807) is 25.3 Å². The monoisotopic (exact) mass is 471 g/mol. The number of benzene rings is 2. The fourth-order valence-electron chi connectivity index (χ4n) is 4.27. The maximum absolute atomic E-state index is 13.0. The van der Waals surface area contributed by atoms with Gasteiger partial charge in [0.1, 0.15) is 12.3 Å². The predicted octanol–water partition coefficient (Wildman–Crippen LogP) is 2.47. The molecule has 0 unspecified atom stereocenters. The Bertz CT molecular complexity index is 1130. The molecule has 176 valence electrons. The first-order valence-electron chi connectivity index (χ1n) is 11.2. The number of nitrogens with one attached hydrogen (secondary N) is 1. The van der Waals surface area contributed by atoms with Gasteiger partial charge in [-0.3, -0.25) is 9.59 Å². The molecule has 33 heavy (non-hydrogen) atoms. The van der Waals surface area contributed by atoms with E-state index in [0.29, 0.717) is 31.7 Å². The van der Waals surface area contributed by atoms with E-state index in [9.17, 15) is 18.0 Å². The molecule has 1 N–H and O–H groups in total. The van der Waals surface area contributed by atoms with Gasteiger partial charge in [-0.25, -0.2) is 8.42 Å². The first-order valence-corrected chi connectivity index (χ1v) is 12.7. The lowest BCUT2D eigenvalue weighted by atomic mass is 10.0. The number of aryl methyl sites for hydroxylation is 1. The van der Waals surface area contributed by atoms with Crippen LogP contribution in [0.25, 0.3) is 0 Å². The standard InChI is InChI=1S/C24H29N3O5S/c1-32-20-8-5-18(6-9-20)16-25-23(28)17-27-22-11-10-21(15-19(22)7-12-24(27)29)33(30,31)26-13-3-2-4-14-26/h5-6,8-11,15H,2-4,7,12-14,16-17H2,1H3,(H,25,28). The van der Waals surface area contributed by atoms with Gasteiger partial charge in [-0.15, -0.1) is 0 Å². The van der Waals surface area contributed by atoms with Gasteiger partial charge in [-0.2, -0.15) is 4.31 Å². The molecule has 0 radical (unpaired) electrons. The molecule has 2 heterocycles. The van der Waals surface area contributed by atoms with Crippen molar-refractivity contribution in [3.05, 3.63) is 53.6 Å². The van der Waals surface area contributed by atoms with Crippen LogP contribution in [-0.4, -0.2) is 51.3 Å². The zero-order chi connectivity index (χ0) is 23.4. The molecule has 0 aromatic heterocycles. The Morgan fingerprint density at radius 1 is 1.03 bits per heavy atom. The van der Waals surface area contributed by atoms with Gasteiger partial charge in [0.15, 0.2) is 0 Å². The third kappa shape index (κ3) is 5.20. The molecule has 0 aliphatic carbocycles. The van der Waals surface area contributed by atoms with Crippen LogP contribution in [0.5, 0.6) is 5.75 Å². The van der Waals surface area contributed by atoms with E-state index in [1.807, 2.05) is 24.3 Å². The zero-order valence-electron chi connectivity index (χ0n) is 18.7. The van der Waals surface area contributed by atoms with Crippen LogP contribution in [0.1, 0.15) is 36.8 Å². The van der Waals surface area contributed by atoms with Crippen LogP contribution in [-0.2, 0) is 32.6 Å². The molecular formula is C24H29N3O5S. The maximum atomic E-state index is 13.0. The summed E-state index contributed by atoms with van der Waals surface area (Å²) in [4.78, 5) is 26.8. The second kappa shape index (κ2) is 9.93. The SMILES string of the molecule is COc1ccc(CNC(=O)CN2C(=O)CCc3cc(S(=O)(=O)N4CCCCC4)ccc32)cc1. The fraction of sp³-hybridized carbons (Fsp3) is 0.417. The number of sulfonamides is 1. The number of hydrogen-bond donors (Lipinski definition) is 1. The average Bonchev–Trinajstić information content (AvgIpc) is 2.85. The highest BCUT2D eigenvalue weighted by Crippen LogP contribution is 2.31. The van der Waals surface area contributed by atoms with E-state index in [1.165, 1.54) is 9.21 Å². The van der Waals surface area contributed by atoms with Crippen molar-refractivity contribution in [3.8, 4) is 5.75 Å². The molecule has 2 aromatic carbocycles. The van der Waals surface area contributed by atoms with Crippen LogP contribution in [0.2, 0.25) is 0 Å². The molecule has 9 heteroatoms. The van der Waals surface area contributed by atoms with Gasteiger partial charge >= 0.3 is 0 Å². The number of fused-ring (bicyclic) bond motifs is 1. The smallest absolute Gasteiger partial charge is 0.243 e. The minimum absolute atomic E-state index is 0.111. The summed E-state index contributed by atoms with van der Waals surface area (Å²) in [6.45, 7) is 1.31. The summed E-state index contributed by atoms with van der Waals surface area (Å²) in [5.41, 5.74) is 2.29. The molecule has 8 nitrogen and oxygen atoms in total. The van der Waals surface area contributed by atoms with E-state index in [0.717, 1.165) is 36.1 Å². The Hall–Kier alpha value is -2.91. The summed E-state index contributed by atoms with van der Waals surface area (Å²) in [5.74, 6) is 0.313. The molecule has 2 amide bonds. The van der Waals surface area contributed by atoms with Crippen molar-refractivity contribution in [2.75, 3.05) is 31.6 Å². The minimum Gasteiger partial charge on any atom is -0.497 e. The Morgan fingerprint density at radius 2 is 1.76 bits per heavy atom. The highest BCUT2D eigenvalue weighted by atomic mass is 32.2. The molecule has 4 rings (SSSR count). The molecule has 1 fully saturated rings. The summed E-state index contributed by atoms with van der Waals surface area (Å²) in [5, 5.41) is 2.84. The van der Waals surface area contributed by atoms with Crippen LogP contribution in [0.3, 0.4) is 0 Å². The molecule has 2 aliphatic rings. The Kier molecular flexibility index (Phi) is 6.99. The fourth-order valence-corrected chi connectivity index (χ4v) is 5.84. The number of hydrogen-bond acceptors (Lipinski definition) is 5. The lowest BCUT2D eigenvalue weighted by Crippen LogP contribution is -2.43. The molecule has 2 aromatic rings. The van der Waals surface area contributed by atoms with Gasteiger partial charge < -0.3 is 15.0 Å². The highest BCUT2D eigenvalue weighted by Gasteiger charge is 2.30. The van der Waals surface area contributed by atoms with E-state index < -0.39 is 10.0 Å². The summed E-state index contributed by atoms with van der Waals surface area (Å²) >= 11 is 0. The Morgan fingerprint density at radius 3 is 2.45 bits per heavy atom. The number of carbonyl (C=O) groups is 2. The maximum Gasteiger partial charge on any atom is 0.243 e. The molecule has 1 saturated heterocycles. The number of amides is 2. The van der Waals surface area contributed by atoms with E-state index in [4.69, 9.17) is 4.74 Å². The van der Waals surface area contributed by atoms with Crippen LogP contribution < -0.4 is 15.0 Å². The van der Waals surface area contributed by atoms with Gasteiger partial charge in [0, 0.05) is 31.7 Å². The van der Waals surface area contributed by atoms with Crippen LogP contribution >= 0.6 is 0 Å². The molecule has 0 saturated carbocycles. The summed E-state index contributed by atoms with van der Waals surface area (Å²) in [6, 6.07) is 12.2. The summed E-state index contributed by atoms with van der Waals surface area (Å²) in [6.07, 6.45) is 3.50. The van der Waals surface area contributed by atoms with Gasteiger partial charge in [0.2, 0.25) is 21.8 Å². The normalized spacial score (nSPS) is 16.9. The number of carbonyl (C=O) groups excluding carboxylic acids is 2. The highest BCUT2D eigenvalue weighted by molar-refractivity contribution is 7.89. The van der Waals surface area contributed by atoms with E-state index >= 15 is 0 Å². The number of ether oxygens (including phenoxy) is 1. The number of methoxy groups -OCH3 is 1. The lowest BCUT2D eigenvalue weighted by Gasteiger charge is -2.30. The third-order valence-corrected chi connectivity index (χ3v) is 8.05. The zero-order valence-corrected chi connectivity index (χ0v) is 19.6. The Balaban J connectivity index is 1.45. The quantitative estimate of drug-likeness (QED) is 0.669. The van der Waals surface area contributed by atoms with Crippen molar-refractivity contribution in [1.82, 2.24) is 9.62 Å². The van der Waals surface area contributed by atoms with Crippen molar-refractivity contribution in [2.45, 2.75) is 43.5 Å². The number of rotatable bonds is 7. The largest absolute Gasteiger partial charge is 0.497 e. The Labute approximate surface area is 194 Å². The molecule has 0 bridgehead atoms. The second-order valence-electron chi connectivity index (χ2n) is 8.36. The van der Waals surface area contributed by atoms with Gasteiger partial charge in [0.05, 0.1) is 12.0 Å². The van der Waals surface area contributed by atoms with Gasteiger partial charge in [0.25, 0.3) is 0 Å². The second-order valence-corrected chi connectivity index (χ2v) is 10.3. The van der Waals surface area contributed by atoms with Crippen LogP contribution in [0, 0.1) is 0 Å². The van der Waals surface area contributed by atoms with Crippen molar-refractivity contribution < 1.29 is 22.7 Å². The third-order valence-electron chi connectivity index (χ3n) is 6.15. The van der Waals surface area contributed by atoms with Crippen molar-refractivity contribution in [2.24, 2.45) is 0 Å². The molecule has 0 spiro atoms. The topological polar surface area (TPSA) is 96.0 Å². The first-order chi connectivity index (χ1) is 15.9. The molecule has 2 aliphatic heterocycles. The summed E-state index contributed by atoms with van der Waals surface area (Å²) < 4.78 is 32.7. The minimum atomic E-state index is -3.55. The lowest BCUT2D eigenvalue weighted by molar-refractivity contribution is -0.124. The summed E-state index contributed by atoms with van der Waals surface area (Å²) in [7, 11) is -1.96. The van der Waals surface area contributed by atoms with Crippen molar-refractivity contribution in [3.63, 3.8) is 0 Å². The number of piperidine rings is 1. The first kappa shape index (κ1) is 23.3. The van der Waals surface area contributed by atoms with E-state index in [-0.39, 0.29) is 29.7 Å². The average molecular weight is 472 g/mol.